The summed E-state index contributed by atoms with van der Waals surface area (Å²) in [5.74, 6) is -1.24. The molecule has 0 radical (unpaired) electrons. The van der Waals surface area contributed by atoms with Crippen molar-refractivity contribution in [3.8, 4) is 0 Å². The minimum atomic E-state index is -1.29. The predicted molar refractivity (Wildman–Crippen MR) is 120 cm³/mol. The predicted octanol–water partition coefficient (Wildman–Crippen LogP) is 1.12. The molecule has 5 N–H and O–H groups in total. The number of carbonyl (C=O) groups is 1. The first-order valence-corrected chi connectivity index (χ1v) is 11.3. The number of hydrogen-bond donors (Lipinski definition) is 3. The van der Waals surface area contributed by atoms with Crippen LogP contribution in [0.5, 0.6) is 0 Å². The zero-order chi connectivity index (χ0) is 22.9. The summed E-state index contributed by atoms with van der Waals surface area (Å²) in [5.41, 5.74) is 14.2. The van der Waals surface area contributed by atoms with Crippen molar-refractivity contribution >= 4 is 17.2 Å². The highest BCUT2D eigenvalue weighted by Gasteiger charge is 2.41. The largest absolute Gasteiger partial charge is 0.477 e. The maximum absolute atomic E-state index is 15.4. The first-order valence-electron chi connectivity index (χ1n) is 11.3. The average Bonchev–Trinajstić information content (AvgIpc) is 3.42. The van der Waals surface area contributed by atoms with E-state index in [1.807, 2.05) is 11.8 Å². The van der Waals surface area contributed by atoms with E-state index in [2.05, 4.69) is 11.8 Å². The number of aromatic carboxylic acids is 1. The van der Waals surface area contributed by atoms with Gasteiger partial charge in [-0.3, -0.25) is 14.1 Å². The molecular weight excluding hydrogens is 413 g/mol. The van der Waals surface area contributed by atoms with Gasteiger partial charge in [0.15, 0.2) is 5.82 Å². The number of likely N-dealkylation sites (tertiary alicyclic amines) is 1. The molecule has 5 rings (SSSR count). The number of aromatic nitrogens is 1. The van der Waals surface area contributed by atoms with Gasteiger partial charge >= 0.3 is 5.97 Å². The van der Waals surface area contributed by atoms with Gasteiger partial charge in [0.2, 0.25) is 0 Å². The third kappa shape index (κ3) is 3.30. The van der Waals surface area contributed by atoms with E-state index < -0.39 is 17.3 Å². The van der Waals surface area contributed by atoms with Crippen molar-refractivity contribution in [2.75, 3.05) is 31.1 Å². The SMILES string of the molecule is Cc1c(N2CC(N)C(N3C[C@@H](N)[C@@H](C)C3)C2)c(F)cn2c(=O)c(C(=O)O)cc(C3CC3)c12. The number of rotatable bonds is 4. The second kappa shape index (κ2) is 7.54. The van der Waals surface area contributed by atoms with Crippen LogP contribution in [0, 0.1) is 18.7 Å². The summed E-state index contributed by atoms with van der Waals surface area (Å²) >= 11 is 0. The average molecular weight is 444 g/mol. The molecule has 0 amide bonds. The van der Waals surface area contributed by atoms with E-state index in [1.54, 1.807) is 0 Å². The molecule has 3 aliphatic rings. The number of hydrogen-bond acceptors (Lipinski definition) is 6. The van der Waals surface area contributed by atoms with Gasteiger partial charge in [0.05, 0.1) is 17.4 Å². The molecule has 1 saturated carbocycles. The molecule has 2 unspecified atom stereocenters. The van der Waals surface area contributed by atoms with Gasteiger partial charge in [-0.05, 0) is 48.8 Å². The summed E-state index contributed by atoms with van der Waals surface area (Å²) in [5, 5.41) is 9.47. The van der Waals surface area contributed by atoms with Crippen molar-refractivity contribution in [2.45, 2.75) is 50.7 Å². The van der Waals surface area contributed by atoms with Gasteiger partial charge in [-0.25, -0.2) is 9.18 Å². The van der Waals surface area contributed by atoms with E-state index in [0.29, 0.717) is 35.8 Å². The maximum atomic E-state index is 15.4. The summed E-state index contributed by atoms with van der Waals surface area (Å²) in [6.45, 7) is 6.71. The third-order valence-corrected chi connectivity index (χ3v) is 7.51. The summed E-state index contributed by atoms with van der Waals surface area (Å²) < 4.78 is 16.6. The second-order valence-corrected chi connectivity index (χ2v) is 9.80. The van der Waals surface area contributed by atoms with Crippen molar-refractivity contribution in [3.05, 3.63) is 45.1 Å². The van der Waals surface area contributed by atoms with Gasteiger partial charge in [0, 0.05) is 44.3 Å². The molecule has 2 aromatic rings. The van der Waals surface area contributed by atoms with Gasteiger partial charge in [-0.1, -0.05) is 6.92 Å². The first kappa shape index (κ1) is 21.4. The molecule has 0 aromatic carbocycles. The number of nitrogens with two attached hydrogens (primary N) is 2. The zero-order valence-corrected chi connectivity index (χ0v) is 18.4. The van der Waals surface area contributed by atoms with Gasteiger partial charge in [-0.2, -0.15) is 0 Å². The minimum Gasteiger partial charge on any atom is -0.477 e. The van der Waals surface area contributed by atoms with Crippen molar-refractivity contribution in [3.63, 3.8) is 0 Å². The van der Waals surface area contributed by atoms with Crippen LogP contribution in [0.15, 0.2) is 17.1 Å². The van der Waals surface area contributed by atoms with E-state index in [-0.39, 0.29) is 29.6 Å². The lowest BCUT2D eigenvalue weighted by Gasteiger charge is -2.27. The van der Waals surface area contributed by atoms with Crippen LogP contribution in [0.2, 0.25) is 0 Å². The second-order valence-electron chi connectivity index (χ2n) is 9.80. The number of halogens is 1. The number of pyridine rings is 2. The summed E-state index contributed by atoms with van der Waals surface area (Å²) in [4.78, 5) is 28.7. The lowest BCUT2D eigenvalue weighted by Crippen LogP contribution is -2.46. The van der Waals surface area contributed by atoms with Crippen molar-refractivity contribution in [2.24, 2.45) is 17.4 Å². The van der Waals surface area contributed by atoms with Gasteiger partial charge < -0.3 is 21.5 Å². The van der Waals surface area contributed by atoms with Gasteiger partial charge in [-0.15, -0.1) is 0 Å². The molecule has 3 fully saturated rings. The monoisotopic (exact) mass is 443 g/mol. The van der Waals surface area contributed by atoms with Crippen LogP contribution in [0.3, 0.4) is 0 Å². The molecular formula is C23H30FN5O3. The standard InChI is InChI=1S/C23H30FN5O3/c1-11-6-27(8-17(11)25)19-10-28(9-18(19)26)21-12(2)20-14(13-3-4-13)5-15(23(31)32)22(30)29(20)7-16(21)24/h5,7,11,13,17-19H,3-4,6,8-10,25-26H2,1-2H3,(H,31,32)/t11-,17+,18?,19?/m0/s1. The van der Waals surface area contributed by atoms with Crippen LogP contribution in [-0.4, -0.2) is 64.7 Å². The molecule has 4 heterocycles. The Morgan fingerprint density at radius 3 is 2.47 bits per heavy atom. The maximum Gasteiger partial charge on any atom is 0.341 e. The molecule has 4 atom stereocenters. The van der Waals surface area contributed by atoms with Crippen LogP contribution >= 0.6 is 0 Å². The zero-order valence-electron chi connectivity index (χ0n) is 18.4. The number of carboxylic acid groups (broad SMARTS) is 1. The molecule has 32 heavy (non-hydrogen) atoms. The highest BCUT2D eigenvalue weighted by atomic mass is 19.1. The van der Waals surface area contributed by atoms with Crippen molar-refractivity contribution in [1.29, 1.82) is 0 Å². The Hall–Kier alpha value is -2.49. The van der Waals surface area contributed by atoms with Crippen LogP contribution in [0.1, 0.15) is 47.2 Å². The number of aryl methyl sites for hydroxylation is 1. The van der Waals surface area contributed by atoms with Crippen LogP contribution in [0.4, 0.5) is 10.1 Å². The van der Waals surface area contributed by atoms with E-state index in [4.69, 9.17) is 11.5 Å². The quantitative estimate of drug-likeness (QED) is 0.648. The summed E-state index contributed by atoms with van der Waals surface area (Å²) in [6, 6.07) is 1.55. The first-order chi connectivity index (χ1) is 15.2. The molecule has 1 aliphatic carbocycles. The van der Waals surface area contributed by atoms with E-state index >= 15 is 4.39 Å². The van der Waals surface area contributed by atoms with E-state index in [1.165, 1.54) is 10.5 Å². The fourth-order valence-corrected chi connectivity index (χ4v) is 5.57. The normalized spacial score (nSPS) is 28.7. The van der Waals surface area contributed by atoms with Crippen LogP contribution in [0.25, 0.3) is 5.52 Å². The lowest BCUT2D eigenvalue weighted by molar-refractivity contribution is 0.0694. The van der Waals surface area contributed by atoms with Crippen molar-refractivity contribution < 1.29 is 14.3 Å². The smallest absolute Gasteiger partial charge is 0.341 e. The highest BCUT2D eigenvalue weighted by molar-refractivity contribution is 5.89. The van der Waals surface area contributed by atoms with E-state index in [0.717, 1.165) is 37.7 Å². The van der Waals surface area contributed by atoms with Gasteiger partial charge in [0.25, 0.3) is 5.56 Å². The summed E-state index contributed by atoms with van der Waals surface area (Å²) in [7, 11) is 0. The molecule has 2 aliphatic heterocycles. The van der Waals surface area contributed by atoms with Crippen LogP contribution < -0.4 is 21.9 Å². The Kier molecular flexibility index (Phi) is 5.03. The Labute approximate surface area is 185 Å². The fourth-order valence-electron chi connectivity index (χ4n) is 5.57. The Bertz CT molecular complexity index is 1150. The number of anilines is 1. The van der Waals surface area contributed by atoms with E-state index in [9.17, 15) is 14.7 Å². The number of nitrogens with zero attached hydrogens (tertiary/aromatic N) is 3. The molecule has 2 aromatic heterocycles. The molecule has 8 nitrogen and oxygen atoms in total. The molecule has 2 saturated heterocycles. The molecule has 9 heteroatoms. The lowest BCUT2D eigenvalue weighted by atomic mass is 10.0. The Morgan fingerprint density at radius 1 is 1.16 bits per heavy atom. The topological polar surface area (TPSA) is 117 Å². The van der Waals surface area contributed by atoms with Crippen molar-refractivity contribution in [1.82, 2.24) is 9.30 Å². The number of fused-ring (bicyclic) bond motifs is 1. The van der Waals surface area contributed by atoms with Crippen LogP contribution in [-0.2, 0) is 0 Å². The van der Waals surface area contributed by atoms with Gasteiger partial charge in [0.1, 0.15) is 5.56 Å². The summed E-state index contributed by atoms with van der Waals surface area (Å²) in [6.07, 6.45) is 3.01. The number of carboxylic acids is 1. The Balaban J connectivity index is 1.58. The fraction of sp³-hybridized carbons (Fsp3) is 0.565. The third-order valence-electron chi connectivity index (χ3n) is 7.51. The molecule has 0 bridgehead atoms. The molecule has 0 spiro atoms. The minimum absolute atomic E-state index is 0.0838. The highest BCUT2D eigenvalue weighted by Crippen LogP contribution is 2.44. The molecule has 172 valence electrons. The Morgan fingerprint density at radius 2 is 1.88 bits per heavy atom.